The summed E-state index contributed by atoms with van der Waals surface area (Å²) in [6, 6.07) is 0. The lowest BCUT2D eigenvalue weighted by Gasteiger charge is -2.04. The minimum absolute atomic E-state index is 0.502. The Bertz CT molecular complexity index is 269. The largest absolute Gasteiger partial charge is 0.477 e. The number of hydrogen-bond acceptors (Lipinski definition) is 3. The number of rotatable bonds is 5. The molecule has 1 heterocycles. The molecule has 0 bridgehead atoms. The van der Waals surface area contributed by atoms with Crippen LogP contribution in [-0.2, 0) is 0 Å². The number of nitrogens with zero attached hydrogens (tertiary/aromatic N) is 1. The number of thiazole rings is 1. The average molecular weight is 243 g/mol. The van der Waals surface area contributed by atoms with Gasteiger partial charge in [-0.25, -0.2) is 4.98 Å². The molecule has 3 heteroatoms. The normalized spacial score (nSPS) is 10.2. The van der Waals surface area contributed by atoms with E-state index in [1.165, 1.54) is 0 Å². The van der Waals surface area contributed by atoms with Crippen molar-refractivity contribution >= 4 is 11.3 Å². The van der Waals surface area contributed by atoms with E-state index in [0.717, 1.165) is 23.9 Å². The maximum absolute atomic E-state index is 5.55. The molecule has 1 rings (SSSR count). The van der Waals surface area contributed by atoms with E-state index in [-0.39, 0.29) is 0 Å². The highest BCUT2D eigenvalue weighted by molar-refractivity contribution is 7.09. The summed E-state index contributed by atoms with van der Waals surface area (Å²) >= 11 is 1.68. The Hall–Kier alpha value is -0.570. The third kappa shape index (κ3) is 6.11. The number of ether oxygens (including phenoxy) is 1. The fourth-order valence-electron chi connectivity index (χ4n) is 1.00. The van der Waals surface area contributed by atoms with Crippen LogP contribution in [0.4, 0.5) is 0 Å². The van der Waals surface area contributed by atoms with Gasteiger partial charge in [-0.05, 0) is 12.3 Å². The summed E-state index contributed by atoms with van der Waals surface area (Å²) in [5.74, 6) is 1.99. The zero-order valence-corrected chi connectivity index (χ0v) is 12.2. The van der Waals surface area contributed by atoms with Crippen molar-refractivity contribution in [1.29, 1.82) is 0 Å². The van der Waals surface area contributed by atoms with Gasteiger partial charge in [0.05, 0.1) is 17.0 Å². The Morgan fingerprint density at radius 1 is 1.25 bits per heavy atom. The fourth-order valence-corrected chi connectivity index (χ4v) is 1.76. The zero-order chi connectivity index (χ0) is 12.6. The molecule has 2 nitrogen and oxygen atoms in total. The summed E-state index contributed by atoms with van der Waals surface area (Å²) in [6.45, 7) is 13.5. The van der Waals surface area contributed by atoms with Gasteiger partial charge in [-0.2, -0.15) is 0 Å². The summed E-state index contributed by atoms with van der Waals surface area (Å²) in [5.41, 5.74) is 0. The van der Waals surface area contributed by atoms with Gasteiger partial charge in [0.25, 0.3) is 0 Å². The van der Waals surface area contributed by atoms with Crippen molar-refractivity contribution in [1.82, 2.24) is 4.98 Å². The first kappa shape index (κ1) is 15.4. The van der Waals surface area contributed by atoms with E-state index in [1.54, 1.807) is 11.3 Å². The van der Waals surface area contributed by atoms with Crippen molar-refractivity contribution in [2.24, 2.45) is 5.92 Å². The van der Waals surface area contributed by atoms with Crippen LogP contribution in [0.3, 0.4) is 0 Å². The van der Waals surface area contributed by atoms with Crippen LogP contribution < -0.4 is 4.74 Å². The van der Waals surface area contributed by atoms with Crippen molar-refractivity contribution in [2.75, 3.05) is 6.61 Å². The van der Waals surface area contributed by atoms with Crippen molar-refractivity contribution in [3.63, 3.8) is 0 Å². The standard InChI is InChI=1S/C11H19NOS.C2H6/c1-8(2)5-6-13-10-7-14-11(12-10)9(3)4;1-2/h7-9H,5-6H2,1-4H3;1-2H3. The van der Waals surface area contributed by atoms with Gasteiger partial charge < -0.3 is 4.74 Å². The van der Waals surface area contributed by atoms with Gasteiger partial charge in [-0.15, -0.1) is 11.3 Å². The molecule has 1 aromatic rings. The van der Waals surface area contributed by atoms with Crippen LogP contribution in [-0.4, -0.2) is 11.6 Å². The topological polar surface area (TPSA) is 22.1 Å². The SMILES string of the molecule is CC.CC(C)CCOc1csc(C(C)C)n1. The first-order valence-electron chi connectivity index (χ1n) is 6.17. The Balaban J connectivity index is 0.00000106. The van der Waals surface area contributed by atoms with E-state index in [0.29, 0.717) is 11.8 Å². The molecule has 1 aromatic heterocycles. The average Bonchev–Trinajstić information content (AvgIpc) is 2.69. The minimum Gasteiger partial charge on any atom is -0.477 e. The molecule has 0 aliphatic rings. The van der Waals surface area contributed by atoms with Gasteiger partial charge in [-0.3, -0.25) is 0 Å². The summed E-state index contributed by atoms with van der Waals surface area (Å²) in [7, 11) is 0. The predicted octanol–water partition coefficient (Wildman–Crippen LogP) is 4.72. The first-order chi connectivity index (χ1) is 7.59. The van der Waals surface area contributed by atoms with E-state index in [1.807, 2.05) is 19.2 Å². The summed E-state index contributed by atoms with van der Waals surface area (Å²) in [5, 5.41) is 3.15. The highest BCUT2D eigenvalue weighted by atomic mass is 32.1. The van der Waals surface area contributed by atoms with E-state index in [4.69, 9.17) is 4.74 Å². The molecule has 0 aliphatic carbocycles. The Kier molecular flexibility index (Phi) is 8.26. The number of hydrogen-bond donors (Lipinski definition) is 0. The molecule has 0 radical (unpaired) electrons. The number of aromatic nitrogens is 1. The molecule has 0 aromatic carbocycles. The second-order valence-electron chi connectivity index (χ2n) is 4.21. The van der Waals surface area contributed by atoms with E-state index >= 15 is 0 Å². The van der Waals surface area contributed by atoms with Crippen molar-refractivity contribution in [2.45, 2.75) is 53.9 Å². The van der Waals surface area contributed by atoms with E-state index in [2.05, 4.69) is 32.7 Å². The molecule has 94 valence electrons. The zero-order valence-electron chi connectivity index (χ0n) is 11.4. The summed E-state index contributed by atoms with van der Waals surface area (Å²) in [6.07, 6.45) is 1.09. The molecule has 0 saturated carbocycles. The second kappa shape index (κ2) is 8.57. The molecule has 0 fully saturated rings. The van der Waals surface area contributed by atoms with Crippen molar-refractivity contribution in [3.05, 3.63) is 10.4 Å². The lowest BCUT2D eigenvalue weighted by molar-refractivity contribution is 0.280. The molecule has 0 N–H and O–H groups in total. The minimum atomic E-state index is 0.502. The molecular formula is C13H25NOS. The van der Waals surface area contributed by atoms with Crippen LogP contribution in [0.5, 0.6) is 5.88 Å². The van der Waals surface area contributed by atoms with Crippen LogP contribution in [0.2, 0.25) is 0 Å². The second-order valence-corrected chi connectivity index (χ2v) is 5.10. The molecule has 0 amide bonds. The van der Waals surface area contributed by atoms with Crippen LogP contribution in [0, 0.1) is 5.92 Å². The Labute approximate surface area is 104 Å². The summed E-state index contributed by atoms with van der Waals surface area (Å²) in [4.78, 5) is 4.40. The van der Waals surface area contributed by atoms with Gasteiger partial charge in [0, 0.05) is 5.92 Å². The first-order valence-corrected chi connectivity index (χ1v) is 7.05. The maximum atomic E-state index is 5.55. The van der Waals surface area contributed by atoms with Crippen LogP contribution in [0.1, 0.15) is 58.9 Å². The van der Waals surface area contributed by atoms with Gasteiger partial charge in [0.2, 0.25) is 5.88 Å². The highest BCUT2D eigenvalue weighted by Crippen LogP contribution is 2.23. The highest BCUT2D eigenvalue weighted by Gasteiger charge is 2.06. The van der Waals surface area contributed by atoms with E-state index in [9.17, 15) is 0 Å². The Morgan fingerprint density at radius 2 is 1.88 bits per heavy atom. The molecular weight excluding hydrogens is 218 g/mol. The smallest absolute Gasteiger partial charge is 0.224 e. The van der Waals surface area contributed by atoms with Crippen molar-refractivity contribution in [3.8, 4) is 5.88 Å². The van der Waals surface area contributed by atoms with Gasteiger partial charge in [0.1, 0.15) is 0 Å². The molecule has 0 spiro atoms. The fraction of sp³-hybridized carbons (Fsp3) is 0.769. The molecule has 0 unspecified atom stereocenters. The molecule has 0 saturated heterocycles. The lowest BCUT2D eigenvalue weighted by Crippen LogP contribution is -2.01. The van der Waals surface area contributed by atoms with E-state index < -0.39 is 0 Å². The summed E-state index contributed by atoms with van der Waals surface area (Å²) < 4.78 is 5.55. The Morgan fingerprint density at radius 3 is 2.31 bits per heavy atom. The lowest BCUT2D eigenvalue weighted by atomic mass is 10.1. The predicted molar refractivity (Wildman–Crippen MR) is 72.5 cm³/mol. The van der Waals surface area contributed by atoms with Crippen molar-refractivity contribution < 1.29 is 4.74 Å². The van der Waals surface area contributed by atoms with Crippen LogP contribution in [0.25, 0.3) is 0 Å². The molecule has 16 heavy (non-hydrogen) atoms. The third-order valence-electron chi connectivity index (χ3n) is 1.94. The molecule has 0 aliphatic heterocycles. The van der Waals surface area contributed by atoms with Gasteiger partial charge in [-0.1, -0.05) is 41.5 Å². The maximum Gasteiger partial charge on any atom is 0.224 e. The monoisotopic (exact) mass is 243 g/mol. The quantitative estimate of drug-likeness (QED) is 0.746. The van der Waals surface area contributed by atoms with Crippen LogP contribution in [0.15, 0.2) is 5.38 Å². The van der Waals surface area contributed by atoms with Crippen LogP contribution >= 0.6 is 11.3 Å². The van der Waals surface area contributed by atoms with Gasteiger partial charge >= 0.3 is 0 Å². The van der Waals surface area contributed by atoms with Gasteiger partial charge in [0.15, 0.2) is 0 Å². The molecule has 0 atom stereocenters. The third-order valence-corrected chi connectivity index (χ3v) is 3.06.